The lowest BCUT2D eigenvalue weighted by atomic mass is 9.97. The number of aliphatic hydroxyl groups is 1. The Kier molecular flexibility index (Phi) is 7.00. The molecule has 1 aliphatic carbocycles. The van der Waals surface area contributed by atoms with Crippen molar-refractivity contribution in [1.82, 2.24) is 19.8 Å². The van der Waals surface area contributed by atoms with E-state index in [0.29, 0.717) is 40.4 Å². The number of nitrogens with zero attached hydrogens (tertiary/aromatic N) is 6. The van der Waals surface area contributed by atoms with Gasteiger partial charge >= 0.3 is 0 Å². The molecular weight excluding hydrogens is 580 g/mol. The van der Waals surface area contributed by atoms with Crippen molar-refractivity contribution in [1.29, 1.82) is 0 Å². The fraction of sp³-hybridized carbons (Fsp3) is 0.483. The molecule has 0 spiro atoms. The van der Waals surface area contributed by atoms with Crippen molar-refractivity contribution in [3.8, 4) is 22.9 Å². The number of nitrogens with one attached hydrogen (secondary N) is 1. The molecule has 43 heavy (non-hydrogen) atoms. The van der Waals surface area contributed by atoms with Crippen LogP contribution in [0.4, 0.5) is 26.0 Å². The smallest absolute Gasteiger partial charge is 0.251 e. The minimum Gasteiger partial charge on any atom is -0.416 e. The van der Waals surface area contributed by atoms with E-state index in [1.165, 1.54) is 19.3 Å². The second-order valence-electron chi connectivity index (χ2n) is 11.9. The summed E-state index contributed by atoms with van der Waals surface area (Å²) in [5.41, 5.74) is 3.30. The Morgan fingerprint density at radius 3 is 2.49 bits per heavy atom. The number of fused-ring (bicyclic) bond motifs is 3. The molecule has 11 nitrogen and oxygen atoms in total. The molecule has 2 N–H and O–H groups in total. The van der Waals surface area contributed by atoms with Gasteiger partial charge < -0.3 is 19.3 Å². The van der Waals surface area contributed by atoms with E-state index in [4.69, 9.17) is 9.52 Å². The minimum atomic E-state index is -3.71. The molecule has 3 fully saturated rings. The van der Waals surface area contributed by atoms with Crippen LogP contribution in [0.1, 0.15) is 32.1 Å². The molecular formula is C29H33F2N7O4S. The van der Waals surface area contributed by atoms with Gasteiger partial charge in [-0.05, 0) is 67.5 Å². The Morgan fingerprint density at radius 1 is 1.00 bits per heavy atom. The largest absolute Gasteiger partial charge is 0.416 e. The maximum absolute atomic E-state index is 13.9. The highest BCUT2D eigenvalue weighted by Crippen LogP contribution is 2.42. The van der Waals surface area contributed by atoms with Crippen LogP contribution < -0.4 is 14.5 Å². The van der Waals surface area contributed by atoms with Gasteiger partial charge in [0.15, 0.2) is 0 Å². The average molecular weight is 614 g/mol. The summed E-state index contributed by atoms with van der Waals surface area (Å²) in [6, 6.07) is 10.8. The SMILES string of the molecule is O=S(=O)(CCO)Nc1ccc(-c2nnc(-c3cc(N4CCC(F)(F)CC4)n4nccc4c3)o2)c(N2CC3CCC(C3)C2)c1. The van der Waals surface area contributed by atoms with Crippen molar-refractivity contribution in [3.05, 3.63) is 42.6 Å². The first-order valence-electron chi connectivity index (χ1n) is 14.6. The van der Waals surface area contributed by atoms with Gasteiger partial charge in [-0.1, -0.05) is 0 Å². The molecule has 7 rings (SSSR count). The highest BCUT2D eigenvalue weighted by Gasteiger charge is 2.36. The third kappa shape index (κ3) is 5.65. The van der Waals surface area contributed by atoms with Gasteiger partial charge in [0, 0.05) is 44.6 Å². The zero-order chi connectivity index (χ0) is 29.8. The second-order valence-corrected chi connectivity index (χ2v) is 13.7. The first-order chi connectivity index (χ1) is 20.7. The van der Waals surface area contributed by atoms with Crippen LogP contribution in [0.15, 0.2) is 47.0 Å². The minimum absolute atomic E-state index is 0.204. The van der Waals surface area contributed by atoms with Gasteiger partial charge in [0.25, 0.3) is 5.92 Å². The Balaban J connectivity index is 1.24. The lowest BCUT2D eigenvalue weighted by molar-refractivity contribution is -0.0222. The van der Waals surface area contributed by atoms with Gasteiger partial charge in [-0.3, -0.25) is 4.72 Å². The summed E-state index contributed by atoms with van der Waals surface area (Å²) in [7, 11) is -3.71. The Morgan fingerprint density at radius 2 is 1.74 bits per heavy atom. The first-order valence-corrected chi connectivity index (χ1v) is 16.3. The van der Waals surface area contributed by atoms with E-state index < -0.39 is 28.3 Å². The predicted octanol–water partition coefficient (Wildman–Crippen LogP) is 4.26. The summed E-state index contributed by atoms with van der Waals surface area (Å²) >= 11 is 0. The molecule has 0 radical (unpaired) electrons. The highest BCUT2D eigenvalue weighted by molar-refractivity contribution is 7.92. The van der Waals surface area contributed by atoms with E-state index in [1.807, 2.05) is 23.1 Å². The molecule has 14 heteroatoms. The van der Waals surface area contributed by atoms with E-state index >= 15 is 0 Å². The summed E-state index contributed by atoms with van der Waals surface area (Å²) in [5.74, 6) is -0.658. The number of halogens is 2. The number of piperidine rings is 2. The van der Waals surface area contributed by atoms with E-state index in [0.717, 1.165) is 24.3 Å². The molecule has 2 saturated heterocycles. The molecule has 1 aromatic carbocycles. The Hall–Kier alpha value is -3.78. The standard InChI is InChI=1S/C29H33F2N7O4S/c30-29(31)6-9-36(10-7-29)26-15-21(14-23-5-8-32-38(23)26)27-33-34-28(42-27)24-4-3-22(35-43(40,41)12-11-39)16-25(24)37-17-19-1-2-20(13-19)18-37/h3-5,8,14-16,19-20,35,39H,1-2,6-7,9-13,17-18H2. The van der Waals surface area contributed by atoms with Crippen molar-refractivity contribution in [2.45, 2.75) is 38.0 Å². The molecule has 1 saturated carbocycles. The van der Waals surface area contributed by atoms with Crippen LogP contribution in [0.2, 0.25) is 0 Å². The quantitative estimate of drug-likeness (QED) is 0.300. The summed E-state index contributed by atoms with van der Waals surface area (Å²) in [4.78, 5) is 4.18. The number of rotatable bonds is 8. The van der Waals surface area contributed by atoms with Crippen molar-refractivity contribution < 1.29 is 26.7 Å². The van der Waals surface area contributed by atoms with Crippen molar-refractivity contribution in [2.75, 3.05) is 53.1 Å². The van der Waals surface area contributed by atoms with Crippen LogP contribution in [0.3, 0.4) is 0 Å². The Labute approximate surface area is 247 Å². The van der Waals surface area contributed by atoms with Crippen LogP contribution in [0, 0.1) is 11.8 Å². The maximum Gasteiger partial charge on any atom is 0.251 e. The van der Waals surface area contributed by atoms with Gasteiger partial charge in [0.1, 0.15) is 5.82 Å². The number of hydrogen-bond acceptors (Lipinski definition) is 9. The molecule has 3 aromatic heterocycles. The molecule has 2 unspecified atom stereocenters. The second kappa shape index (κ2) is 10.7. The van der Waals surface area contributed by atoms with Gasteiger partial charge in [0.05, 0.1) is 41.0 Å². The van der Waals surface area contributed by atoms with Crippen LogP contribution in [0.5, 0.6) is 0 Å². The third-order valence-electron chi connectivity index (χ3n) is 8.78. The number of sulfonamides is 1. The van der Waals surface area contributed by atoms with E-state index in [-0.39, 0.29) is 31.8 Å². The number of pyridine rings is 1. The molecule has 4 aromatic rings. The van der Waals surface area contributed by atoms with E-state index in [1.54, 1.807) is 28.9 Å². The van der Waals surface area contributed by atoms with Crippen LogP contribution in [0.25, 0.3) is 28.4 Å². The zero-order valence-electron chi connectivity index (χ0n) is 23.5. The highest BCUT2D eigenvalue weighted by atomic mass is 32.2. The van der Waals surface area contributed by atoms with Gasteiger partial charge in [-0.25, -0.2) is 21.7 Å². The molecule has 2 aliphatic heterocycles. The number of benzene rings is 1. The summed E-state index contributed by atoms with van der Waals surface area (Å²) in [6.07, 6.45) is 4.77. The van der Waals surface area contributed by atoms with Crippen molar-refractivity contribution in [2.24, 2.45) is 11.8 Å². The lowest BCUT2D eigenvalue weighted by Crippen LogP contribution is -2.40. The lowest BCUT2D eigenvalue weighted by Gasteiger charge is -2.34. The van der Waals surface area contributed by atoms with Gasteiger partial charge in [0.2, 0.25) is 21.8 Å². The maximum atomic E-state index is 13.9. The molecule has 2 bridgehead atoms. The Bertz CT molecular complexity index is 1740. The zero-order valence-corrected chi connectivity index (χ0v) is 24.3. The first kappa shape index (κ1) is 28.0. The fourth-order valence-electron chi connectivity index (χ4n) is 6.67. The predicted molar refractivity (Wildman–Crippen MR) is 158 cm³/mol. The van der Waals surface area contributed by atoms with Crippen LogP contribution in [-0.2, 0) is 10.0 Å². The van der Waals surface area contributed by atoms with Crippen LogP contribution >= 0.6 is 0 Å². The van der Waals surface area contributed by atoms with Gasteiger partial charge in [-0.15, -0.1) is 10.2 Å². The van der Waals surface area contributed by atoms with Crippen molar-refractivity contribution >= 4 is 32.7 Å². The summed E-state index contributed by atoms with van der Waals surface area (Å²) in [6.45, 7) is 1.64. The fourth-order valence-corrected chi connectivity index (χ4v) is 7.50. The van der Waals surface area contributed by atoms with E-state index in [2.05, 4.69) is 24.9 Å². The van der Waals surface area contributed by atoms with Crippen LogP contribution in [-0.4, -0.2) is 77.8 Å². The normalized spacial score (nSPS) is 21.9. The number of hydrogen-bond donors (Lipinski definition) is 2. The summed E-state index contributed by atoms with van der Waals surface area (Å²) < 4.78 is 63.1. The topological polar surface area (TPSA) is 129 Å². The average Bonchev–Trinajstić information content (AvgIpc) is 3.72. The number of aromatic nitrogens is 4. The monoisotopic (exact) mass is 613 g/mol. The van der Waals surface area contributed by atoms with E-state index in [9.17, 15) is 17.2 Å². The molecule has 0 amide bonds. The number of aliphatic hydroxyl groups excluding tert-OH is 1. The summed E-state index contributed by atoms with van der Waals surface area (Å²) in [5, 5.41) is 22.3. The molecule has 2 atom stereocenters. The third-order valence-corrected chi connectivity index (χ3v) is 10.0. The van der Waals surface area contributed by atoms with Gasteiger partial charge in [-0.2, -0.15) is 5.10 Å². The number of anilines is 3. The molecule has 228 valence electrons. The number of alkyl halides is 2. The molecule has 5 heterocycles. The van der Waals surface area contributed by atoms with Crippen molar-refractivity contribution in [3.63, 3.8) is 0 Å². The molecule has 3 aliphatic rings.